The van der Waals surface area contributed by atoms with Crippen LogP contribution >= 0.6 is 0 Å². The summed E-state index contributed by atoms with van der Waals surface area (Å²) < 4.78 is 71.2. The van der Waals surface area contributed by atoms with Crippen molar-refractivity contribution in [3.63, 3.8) is 0 Å². The molecule has 0 radical (unpaired) electrons. The summed E-state index contributed by atoms with van der Waals surface area (Å²) in [4.78, 5) is 39.0. The zero-order chi connectivity index (χ0) is 32.4. The predicted octanol–water partition coefficient (Wildman–Crippen LogP) is 5.31. The van der Waals surface area contributed by atoms with E-state index in [4.69, 9.17) is 28.4 Å². The standard InChI is InChI=1S/C31H32F3NO9/c1-39-21-10-12-24(40-2)22(16-21)23(36)11-13-27(37)44-28(19-6-8-20(9-7-19)31(32,33)34)30(38)35-17-18-14-25(41-3)29(43-5)26(15-18)42-4/h6-10,12,14-16,28H,11,13,17H2,1-5H3,(H,35,38). The van der Waals surface area contributed by atoms with Crippen LogP contribution in [0, 0.1) is 0 Å². The van der Waals surface area contributed by atoms with Crippen molar-refractivity contribution in [2.24, 2.45) is 0 Å². The summed E-state index contributed by atoms with van der Waals surface area (Å²) in [6.07, 6.45) is -6.94. The molecule has 0 aliphatic carbocycles. The highest BCUT2D eigenvalue weighted by atomic mass is 19.4. The highest BCUT2D eigenvalue weighted by Gasteiger charge is 2.32. The van der Waals surface area contributed by atoms with E-state index in [0.717, 1.165) is 24.3 Å². The number of methoxy groups -OCH3 is 5. The summed E-state index contributed by atoms with van der Waals surface area (Å²) in [5.41, 5.74) is -0.235. The van der Waals surface area contributed by atoms with Crippen LogP contribution < -0.4 is 29.0 Å². The summed E-state index contributed by atoms with van der Waals surface area (Å²) in [5, 5.41) is 2.62. The smallest absolute Gasteiger partial charge is 0.416 e. The van der Waals surface area contributed by atoms with Gasteiger partial charge < -0.3 is 33.7 Å². The lowest BCUT2D eigenvalue weighted by Crippen LogP contribution is -2.32. The van der Waals surface area contributed by atoms with Crippen molar-refractivity contribution in [1.82, 2.24) is 5.32 Å². The van der Waals surface area contributed by atoms with Gasteiger partial charge in [-0.05, 0) is 48.0 Å². The Balaban J connectivity index is 1.80. The van der Waals surface area contributed by atoms with Gasteiger partial charge in [0.2, 0.25) is 11.9 Å². The van der Waals surface area contributed by atoms with Crippen LogP contribution in [0.15, 0.2) is 54.6 Å². The van der Waals surface area contributed by atoms with E-state index >= 15 is 0 Å². The molecule has 0 aliphatic heterocycles. The van der Waals surface area contributed by atoms with Gasteiger partial charge in [-0.15, -0.1) is 0 Å². The molecule has 3 aromatic carbocycles. The molecule has 3 aromatic rings. The van der Waals surface area contributed by atoms with E-state index in [1.807, 2.05) is 0 Å². The SMILES string of the molecule is COc1ccc(OC)c(C(=O)CCC(=O)OC(C(=O)NCc2cc(OC)c(OC)c(OC)c2)c2ccc(C(F)(F)F)cc2)c1. The van der Waals surface area contributed by atoms with E-state index in [2.05, 4.69) is 5.32 Å². The molecule has 13 heteroatoms. The monoisotopic (exact) mass is 619 g/mol. The second-order valence-corrected chi connectivity index (χ2v) is 9.23. The zero-order valence-corrected chi connectivity index (χ0v) is 24.7. The Labute approximate surface area is 252 Å². The number of esters is 1. The minimum atomic E-state index is -4.61. The fraction of sp³-hybridized carbons (Fsp3) is 0.323. The molecular formula is C31H32F3NO9. The maximum absolute atomic E-state index is 13.3. The molecule has 0 saturated heterocycles. The van der Waals surface area contributed by atoms with Gasteiger partial charge in [-0.3, -0.25) is 14.4 Å². The van der Waals surface area contributed by atoms with Crippen LogP contribution in [0.4, 0.5) is 13.2 Å². The molecule has 0 saturated carbocycles. The lowest BCUT2D eigenvalue weighted by molar-refractivity contribution is -0.156. The molecule has 44 heavy (non-hydrogen) atoms. The summed E-state index contributed by atoms with van der Waals surface area (Å²) in [6.45, 7) is -0.0850. The second kappa shape index (κ2) is 15.0. The highest BCUT2D eigenvalue weighted by Crippen LogP contribution is 2.38. The number of carbonyl (C=O) groups is 3. The molecule has 1 amide bonds. The number of halogens is 3. The normalized spacial score (nSPS) is 11.6. The quantitative estimate of drug-likeness (QED) is 0.189. The highest BCUT2D eigenvalue weighted by molar-refractivity contribution is 6.00. The van der Waals surface area contributed by atoms with Crippen molar-refractivity contribution in [1.29, 1.82) is 0 Å². The zero-order valence-electron chi connectivity index (χ0n) is 24.7. The molecule has 3 rings (SSSR count). The molecule has 236 valence electrons. The Morgan fingerprint density at radius 1 is 0.750 bits per heavy atom. The molecule has 1 unspecified atom stereocenters. The molecule has 0 spiro atoms. The van der Waals surface area contributed by atoms with Crippen LogP contribution in [0.2, 0.25) is 0 Å². The molecule has 0 fully saturated rings. The Bertz CT molecular complexity index is 1450. The number of hydrogen-bond donors (Lipinski definition) is 1. The Morgan fingerprint density at radius 3 is 1.89 bits per heavy atom. The van der Waals surface area contributed by atoms with Gasteiger partial charge in [0.1, 0.15) is 11.5 Å². The Hall–Kier alpha value is -4.94. The van der Waals surface area contributed by atoms with Crippen LogP contribution in [0.3, 0.4) is 0 Å². The van der Waals surface area contributed by atoms with Crippen LogP contribution in [-0.4, -0.2) is 53.2 Å². The lowest BCUT2D eigenvalue weighted by Gasteiger charge is -2.19. The first kappa shape index (κ1) is 33.6. The first-order valence-electron chi connectivity index (χ1n) is 13.1. The Morgan fingerprint density at radius 2 is 1.36 bits per heavy atom. The maximum Gasteiger partial charge on any atom is 0.416 e. The number of hydrogen-bond acceptors (Lipinski definition) is 9. The van der Waals surface area contributed by atoms with E-state index in [1.165, 1.54) is 41.6 Å². The summed E-state index contributed by atoms with van der Waals surface area (Å²) in [7, 11) is 7.11. The van der Waals surface area contributed by atoms with E-state index in [0.29, 0.717) is 28.6 Å². The number of carbonyl (C=O) groups excluding carboxylic acids is 3. The maximum atomic E-state index is 13.3. The van der Waals surface area contributed by atoms with Crippen molar-refractivity contribution in [3.05, 3.63) is 76.9 Å². The molecule has 1 N–H and O–H groups in total. The third kappa shape index (κ3) is 8.33. The van der Waals surface area contributed by atoms with Gasteiger partial charge in [-0.25, -0.2) is 0 Å². The molecule has 0 bridgehead atoms. The number of rotatable bonds is 14. The van der Waals surface area contributed by atoms with E-state index in [1.54, 1.807) is 24.3 Å². The minimum absolute atomic E-state index is 0.00506. The topological polar surface area (TPSA) is 119 Å². The number of amides is 1. The molecule has 0 heterocycles. The minimum Gasteiger partial charge on any atom is -0.497 e. The molecular weight excluding hydrogens is 587 g/mol. The van der Waals surface area contributed by atoms with Crippen molar-refractivity contribution in [3.8, 4) is 28.7 Å². The lowest BCUT2D eigenvalue weighted by atomic mass is 10.0. The van der Waals surface area contributed by atoms with Crippen LogP contribution in [-0.2, 0) is 27.0 Å². The number of Topliss-reactive ketones (excluding diaryl/α,β-unsaturated/α-hetero) is 1. The van der Waals surface area contributed by atoms with Crippen molar-refractivity contribution in [2.45, 2.75) is 31.7 Å². The van der Waals surface area contributed by atoms with E-state index in [-0.39, 0.29) is 29.8 Å². The first-order valence-corrected chi connectivity index (χ1v) is 13.1. The Kier molecular flexibility index (Phi) is 11.4. The van der Waals surface area contributed by atoms with Gasteiger partial charge in [0.05, 0.1) is 53.1 Å². The number of ketones is 1. The van der Waals surface area contributed by atoms with Gasteiger partial charge >= 0.3 is 12.1 Å². The third-order valence-electron chi connectivity index (χ3n) is 6.48. The number of alkyl halides is 3. The van der Waals surface area contributed by atoms with Crippen molar-refractivity contribution >= 4 is 17.7 Å². The van der Waals surface area contributed by atoms with Crippen LogP contribution in [0.25, 0.3) is 0 Å². The molecule has 1 atom stereocenters. The summed E-state index contributed by atoms with van der Waals surface area (Å²) >= 11 is 0. The molecule has 0 aliphatic rings. The van der Waals surface area contributed by atoms with Gasteiger partial charge in [-0.2, -0.15) is 13.2 Å². The van der Waals surface area contributed by atoms with Gasteiger partial charge in [0, 0.05) is 18.5 Å². The second-order valence-electron chi connectivity index (χ2n) is 9.23. The van der Waals surface area contributed by atoms with Crippen molar-refractivity contribution < 1.29 is 56.0 Å². The van der Waals surface area contributed by atoms with E-state index in [9.17, 15) is 27.6 Å². The largest absolute Gasteiger partial charge is 0.497 e. The average molecular weight is 620 g/mol. The molecule has 10 nitrogen and oxygen atoms in total. The van der Waals surface area contributed by atoms with Crippen molar-refractivity contribution in [2.75, 3.05) is 35.5 Å². The molecule has 0 aromatic heterocycles. The number of benzene rings is 3. The van der Waals surface area contributed by atoms with Crippen LogP contribution in [0.1, 0.15) is 46.0 Å². The summed E-state index contributed by atoms with van der Waals surface area (Å²) in [6, 6.07) is 11.5. The van der Waals surface area contributed by atoms with Gasteiger partial charge in [-0.1, -0.05) is 12.1 Å². The fourth-order valence-corrected chi connectivity index (χ4v) is 4.21. The predicted molar refractivity (Wildman–Crippen MR) is 151 cm³/mol. The first-order chi connectivity index (χ1) is 20.9. The van der Waals surface area contributed by atoms with Gasteiger partial charge in [0.25, 0.3) is 5.91 Å². The fourth-order valence-electron chi connectivity index (χ4n) is 4.21. The van der Waals surface area contributed by atoms with E-state index < -0.39 is 41.9 Å². The number of nitrogens with one attached hydrogen (secondary N) is 1. The summed E-state index contributed by atoms with van der Waals surface area (Å²) in [5.74, 6) is -0.502. The average Bonchev–Trinajstić information content (AvgIpc) is 3.03. The third-order valence-corrected chi connectivity index (χ3v) is 6.48. The van der Waals surface area contributed by atoms with Gasteiger partial charge in [0.15, 0.2) is 17.3 Å². The number of ether oxygens (including phenoxy) is 6. The van der Waals surface area contributed by atoms with Crippen LogP contribution in [0.5, 0.6) is 28.7 Å².